The van der Waals surface area contributed by atoms with Gasteiger partial charge in [0.2, 0.25) is 53.2 Å². The van der Waals surface area contributed by atoms with Crippen LogP contribution in [0.2, 0.25) is 0 Å². The maximum Gasteiger partial charge on any atom is 0.246 e. The molecule has 22 nitrogen and oxygen atoms in total. The molecule has 22 heteroatoms. The zero-order chi connectivity index (χ0) is 66.1. The maximum absolute atomic E-state index is 12.0. The van der Waals surface area contributed by atoms with Gasteiger partial charge in [0, 0.05) is 117 Å². The fourth-order valence-corrected chi connectivity index (χ4v) is 6.75. The van der Waals surface area contributed by atoms with Crippen molar-refractivity contribution in [2.45, 2.75) is 70.6 Å². The molecule has 0 fully saturated rings. The van der Waals surface area contributed by atoms with Crippen molar-refractivity contribution in [3.63, 3.8) is 0 Å². The van der Waals surface area contributed by atoms with E-state index < -0.39 is 0 Å². The van der Waals surface area contributed by atoms with Crippen LogP contribution in [0.1, 0.15) is 70.6 Å². The Kier molecular flexibility index (Phi) is 54.1. The van der Waals surface area contributed by atoms with Crippen LogP contribution in [0.3, 0.4) is 0 Å². The van der Waals surface area contributed by atoms with Gasteiger partial charge in [-0.15, -0.1) is 0 Å². The molecule has 0 aromatic carbocycles. The van der Waals surface area contributed by atoms with Crippen molar-refractivity contribution in [3.05, 3.63) is 165 Å². The van der Waals surface area contributed by atoms with E-state index in [1.807, 2.05) is 0 Å². The summed E-state index contributed by atoms with van der Waals surface area (Å²) < 4.78 is 0. The number of hydrogen-bond acceptors (Lipinski definition) is 13. The smallest absolute Gasteiger partial charge is 0.246 e. The van der Waals surface area contributed by atoms with Crippen LogP contribution < -0.4 is 21.3 Å². The summed E-state index contributed by atoms with van der Waals surface area (Å²) in [5.74, 6) is -2.36. The molecular weight excluding hydrogens is 1100 g/mol. The van der Waals surface area contributed by atoms with E-state index in [-0.39, 0.29) is 102 Å². The lowest BCUT2D eigenvalue weighted by Gasteiger charge is -2.27. The van der Waals surface area contributed by atoms with Crippen molar-refractivity contribution in [1.29, 1.82) is 0 Å². The van der Waals surface area contributed by atoms with Crippen LogP contribution in [0.15, 0.2) is 165 Å². The molecule has 0 bridgehead atoms. The van der Waals surface area contributed by atoms with Crippen molar-refractivity contribution >= 4 is 76.3 Å². The van der Waals surface area contributed by atoms with E-state index >= 15 is 0 Å². The zero-order valence-electron chi connectivity index (χ0n) is 50.4. The van der Waals surface area contributed by atoms with E-state index in [9.17, 15) is 62.3 Å². The number of amides is 9. The van der Waals surface area contributed by atoms with E-state index in [0.717, 1.165) is 43.9 Å². The van der Waals surface area contributed by atoms with Crippen LogP contribution in [0.5, 0.6) is 0 Å². The van der Waals surface area contributed by atoms with Crippen LogP contribution in [0.4, 0.5) is 0 Å². The molecule has 0 spiro atoms. The molecule has 0 aliphatic carbocycles. The third-order valence-corrected chi connectivity index (χ3v) is 11.6. The first-order chi connectivity index (χ1) is 41.0. The summed E-state index contributed by atoms with van der Waals surface area (Å²) in [6.07, 6.45) is 22.5. The topological polar surface area (TPSA) is 286 Å². The zero-order valence-corrected chi connectivity index (χ0v) is 50.4. The highest BCUT2D eigenvalue weighted by atomic mass is 16.2. The molecular formula is C64H93N9O13. The Morgan fingerprint density at radius 3 is 0.628 bits per heavy atom. The Labute approximate surface area is 509 Å². The largest absolute Gasteiger partial charge is 0.351 e. The summed E-state index contributed by atoms with van der Waals surface area (Å²) in [5, 5.41) is 10.3. The van der Waals surface area contributed by atoms with Gasteiger partial charge in [-0.05, 0) is 124 Å². The van der Waals surface area contributed by atoms with Crippen molar-refractivity contribution in [3.8, 4) is 0 Å². The molecule has 0 aliphatic rings. The van der Waals surface area contributed by atoms with Crippen molar-refractivity contribution < 1.29 is 62.3 Å². The maximum atomic E-state index is 12.0. The molecule has 0 aliphatic heterocycles. The average molecular weight is 1200 g/mol. The minimum Gasteiger partial charge on any atom is -0.351 e. The third-order valence-electron chi connectivity index (χ3n) is 11.6. The fraction of sp³-hybridized carbons (Fsp3) is 0.391. The van der Waals surface area contributed by atoms with Gasteiger partial charge in [-0.3, -0.25) is 62.3 Å². The highest BCUT2D eigenvalue weighted by molar-refractivity contribution is 5.92. The van der Waals surface area contributed by atoms with Gasteiger partial charge >= 0.3 is 0 Å². The van der Waals surface area contributed by atoms with Crippen LogP contribution in [-0.2, 0) is 62.3 Å². The molecule has 4 N–H and O–H groups in total. The highest BCUT2D eigenvalue weighted by Gasteiger charge is 2.17. The van der Waals surface area contributed by atoms with Gasteiger partial charge in [-0.2, -0.15) is 0 Å². The Bertz CT molecular complexity index is 2270. The molecule has 0 heterocycles. The van der Waals surface area contributed by atoms with Crippen molar-refractivity contribution in [2.75, 3.05) is 91.6 Å². The Balaban J connectivity index is -0.000000525. The minimum atomic E-state index is -0.327. The third kappa shape index (κ3) is 47.1. The number of carbonyl (C=O) groups excluding carboxylic acids is 13. The second kappa shape index (κ2) is 56.0. The summed E-state index contributed by atoms with van der Waals surface area (Å²) in [7, 11) is 0. The molecule has 0 aromatic heterocycles. The van der Waals surface area contributed by atoms with Crippen molar-refractivity contribution in [2.24, 2.45) is 0 Å². The van der Waals surface area contributed by atoms with Gasteiger partial charge in [0.15, 0.2) is 23.1 Å². The molecule has 0 saturated carbocycles. The molecule has 0 unspecified atom stereocenters. The van der Waals surface area contributed by atoms with Crippen LogP contribution in [-0.4, -0.2) is 192 Å². The monoisotopic (exact) mass is 1200 g/mol. The Morgan fingerprint density at radius 1 is 0.221 bits per heavy atom. The van der Waals surface area contributed by atoms with Crippen LogP contribution in [0.25, 0.3) is 0 Å². The molecule has 0 saturated heterocycles. The normalized spacial score (nSPS) is 9.44. The SMILES string of the molecule is C=CC(=O)CCCCN(CCCCC(=O)C=C)C(=O)C=C.C=CC(=O)CCCCN(CCNC(=O)C=C)C(=O)C=C.C=CC(=O)CCCN(CCN(CCNC(=O)C=C)C(=O)C=C)C(=O)C=C.C=CC(=O)NCCN(CCNC(=O)C=C)C(=O)C=C. The second-order valence-corrected chi connectivity index (χ2v) is 17.8. The van der Waals surface area contributed by atoms with E-state index in [1.54, 1.807) is 9.80 Å². The minimum absolute atomic E-state index is 0.00448. The summed E-state index contributed by atoms with van der Waals surface area (Å²) in [6, 6.07) is 0. The standard InChI is InChI=1S/C19H27N3O4.C17H25NO3.C15H22N2O3.C13H19N3O3/c1-5-16(23)10-9-12-21(18(25)7-3)14-15-22(19(26)8-4)13-11-20-17(24)6-2;1-4-15(19)11-7-9-13-18(17(21)6-3)14-10-8-12-16(20)5-2;1-4-13(18)9-7-8-11-17(15(20)6-3)12-10-16-14(19)5-2;1-4-11(17)14-7-9-16(13(19)6-3)10-8-15-12(18)5-2/h5-8H,1-4,9-15H2,(H,20,24);4-6H,1-3,7-14H2;4-6H,1-3,7-12H2,(H,16,19);4-6H,1-3,7-10H2,(H,14,17)(H,15,18). The lowest BCUT2D eigenvalue weighted by Crippen LogP contribution is -2.43. The van der Waals surface area contributed by atoms with Crippen molar-refractivity contribution in [1.82, 2.24) is 45.8 Å². The lowest BCUT2D eigenvalue weighted by molar-refractivity contribution is -0.130. The predicted octanol–water partition coefficient (Wildman–Crippen LogP) is 4.54. The number of rotatable bonds is 47. The molecule has 0 rings (SSSR count). The average Bonchev–Trinajstić information content (AvgIpc) is 3.64. The highest BCUT2D eigenvalue weighted by Crippen LogP contribution is 2.07. The molecule has 0 aromatic rings. The second-order valence-electron chi connectivity index (χ2n) is 17.8. The van der Waals surface area contributed by atoms with E-state index in [4.69, 9.17) is 0 Å². The quantitative estimate of drug-likeness (QED) is 0.0482. The lowest BCUT2D eigenvalue weighted by atomic mass is 10.1. The first-order valence-corrected chi connectivity index (χ1v) is 27.8. The van der Waals surface area contributed by atoms with Gasteiger partial charge in [-0.1, -0.05) is 85.5 Å². The van der Waals surface area contributed by atoms with E-state index in [1.165, 1.54) is 75.5 Å². The summed E-state index contributed by atoms with van der Waals surface area (Å²) in [4.78, 5) is 155. The van der Waals surface area contributed by atoms with E-state index in [2.05, 4.69) is 107 Å². The Morgan fingerprint density at radius 2 is 0.407 bits per heavy atom. The first kappa shape index (κ1) is 83.0. The summed E-state index contributed by atoms with van der Waals surface area (Å²) in [5.41, 5.74) is 0. The van der Waals surface area contributed by atoms with Gasteiger partial charge in [0.1, 0.15) is 0 Å². The number of nitrogens with one attached hydrogen (secondary N) is 4. The van der Waals surface area contributed by atoms with Gasteiger partial charge in [0.05, 0.1) is 0 Å². The summed E-state index contributed by atoms with van der Waals surface area (Å²) in [6.45, 7) is 49.5. The molecule has 472 valence electrons. The summed E-state index contributed by atoms with van der Waals surface area (Å²) >= 11 is 0. The van der Waals surface area contributed by atoms with Gasteiger partial charge in [-0.25, -0.2) is 0 Å². The molecule has 9 amide bonds. The van der Waals surface area contributed by atoms with Crippen LogP contribution >= 0.6 is 0 Å². The number of nitrogens with zero attached hydrogens (tertiary/aromatic N) is 5. The molecule has 86 heavy (non-hydrogen) atoms. The fourth-order valence-electron chi connectivity index (χ4n) is 6.75. The number of hydrogen-bond donors (Lipinski definition) is 4. The van der Waals surface area contributed by atoms with Gasteiger partial charge in [0.25, 0.3) is 0 Å². The molecule has 0 atom stereocenters. The number of allylic oxidation sites excluding steroid dienone is 4. The first-order valence-electron chi connectivity index (χ1n) is 27.8. The predicted molar refractivity (Wildman–Crippen MR) is 338 cm³/mol. The number of carbonyl (C=O) groups is 13. The number of unbranched alkanes of at least 4 members (excludes halogenated alkanes) is 3. The van der Waals surface area contributed by atoms with E-state index in [0.29, 0.717) is 110 Å². The molecule has 0 radical (unpaired) electrons. The number of ketones is 4. The van der Waals surface area contributed by atoms with Gasteiger partial charge < -0.3 is 45.8 Å². The van der Waals surface area contributed by atoms with Crippen LogP contribution in [0, 0.1) is 0 Å². The Hall–Kier alpha value is -9.47.